The highest BCUT2D eigenvalue weighted by atomic mass is 16.5. The predicted molar refractivity (Wildman–Crippen MR) is 71.5 cm³/mol. The van der Waals surface area contributed by atoms with Crippen LogP contribution in [-0.2, 0) is 17.6 Å². The Hall–Kier alpha value is -1.37. The second-order valence-corrected chi connectivity index (χ2v) is 5.83. The van der Waals surface area contributed by atoms with Crippen LogP contribution in [0.1, 0.15) is 30.9 Å². The summed E-state index contributed by atoms with van der Waals surface area (Å²) in [4.78, 5) is 0. The van der Waals surface area contributed by atoms with Crippen LogP contribution in [-0.4, -0.2) is 23.4 Å². The van der Waals surface area contributed by atoms with Crippen molar-refractivity contribution < 1.29 is 9.84 Å². The van der Waals surface area contributed by atoms with Crippen molar-refractivity contribution in [1.82, 2.24) is 0 Å². The molecule has 3 nitrogen and oxygen atoms in total. The zero-order valence-corrected chi connectivity index (χ0v) is 11.2. The molecular formula is C16H19NO2. The first-order valence-corrected chi connectivity index (χ1v) is 6.94. The normalized spacial score (nSPS) is 31.3. The molecule has 19 heavy (non-hydrogen) atoms. The number of hydrogen-bond donors (Lipinski definition) is 1. The van der Waals surface area contributed by atoms with E-state index in [0.717, 1.165) is 0 Å². The Labute approximate surface area is 113 Å². The molecule has 0 saturated heterocycles. The molecule has 1 N–H and O–H groups in total. The van der Waals surface area contributed by atoms with Crippen LogP contribution in [0.5, 0.6) is 0 Å². The van der Waals surface area contributed by atoms with Crippen molar-refractivity contribution in [1.29, 1.82) is 5.26 Å². The molecule has 0 aliphatic heterocycles. The molecule has 1 saturated carbocycles. The monoisotopic (exact) mass is 257 g/mol. The van der Waals surface area contributed by atoms with Crippen LogP contribution >= 0.6 is 0 Å². The van der Waals surface area contributed by atoms with Gasteiger partial charge in [0.25, 0.3) is 0 Å². The quantitative estimate of drug-likeness (QED) is 0.903. The Balaban J connectivity index is 1.83. The van der Waals surface area contributed by atoms with Crippen LogP contribution < -0.4 is 0 Å². The molecule has 0 radical (unpaired) electrons. The van der Waals surface area contributed by atoms with Crippen LogP contribution in [0, 0.1) is 16.7 Å². The van der Waals surface area contributed by atoms with E-state index < -0.39 is 11.0 Å². The molecule has 0 aromatic heterocycles. The number of ether oxygens (including phenoxy) is 1. The van der Waals surface area contributed by atoms with Crippen molar-refractivity contribution in [2.75, 3.05) is 6.61 Å². The largest absolute Gasteiger partial charge is 0.388 e. The fourth-order valence-corrected chi connectivity index (χ4v) is 3.57. The van der Waals surface area contributed by atoms with E-state index in [1.165, 1.54) is 11.1 Å². The number of benzene rings is 1. The molecule has 0 spiro atoms. The number of nitrogens with zero attached hydrogens (tertiary/aromatic N) is 1. The van der Waals surface area contributed by atoms with E-state index in [1.807, 2.05) is 19.1 Å². The summed E-state index contributed by atoms with van der Waals surface area (Å²) < 4.78 is 5.53. The molecule has 2 aliphatic carbocycles. The van der Waals surface area contributed by atoms with Crippen LogP contribution in [0.2, 0.25) is 0 Å². The van der Waals surface area contributed by atoms with Crippen molar-refractivity contribution in [2.45, 2.75) is 44.3 Å². The van der Waals surface area contributed by atoms with Crippen molar-refractivity contribution >= 4 is 0 Å². The molecule has 1 aromatic rings. The average molecular weight is 257 g/mol. The lowest BCUT2D eigenvalue weighted by Gasteiger charge is -2.51. The van der Waals surface area contributed by atoms with Crippen LogP contribution in [0.3, 0.4) is 0 Å². The molecule has 100 valence electrons. The van der Waals surface area contributed by atoms with Gasteiger partial charge in [-0.1, -0.05) is 24.3 Å². The topological polar surface area (TPSA) is 53.2 Å². The van der Waals surface area contributed by atoms with Gasteiger partial charge in [0, 0.05) is 19.4 Å². The summed E-state index contributed by atoms with van der Waals surface area (Å²) in [5.74, 6) is 0. The minimum absolute atomic E-state index is 0.115. The fraction of sp³-hybridized carbons (Fsp3) is 0.562. The lowest BCUT2D eigenvalue weighted by molar-refractivity contribution is -0.184. The maximum absolute atomic E-state index is 10.8. The summed E-state index contributed by atoms with van der Waals surface area (Å²) >= 11 is 0. The highest BCUT2D eigenvalue weighted by molar-refractivity contribution is 5.40. The van der Waals surface area contributed by atoms with E-state index >= 15 is 0 Å². The summed E-state index contributed by atoms with van der Waals surface area (Å²) in [6.07, 6.45) is 2.61. The van der Waals surface area contributed by atoms with Crippen LogP contribution in [0.4, 0.5) is 0 Å². The summed E-state index contributed by atoms with van der Waals surface area (Å²) in [7, 11) is 0. The Morgan fingerprint density at radius 2 is 1.89 bits per heavy atom. The van der Waals surface area contributed by atoms with E-state index in [-0.39, 0.29) is 6.10 Å². The summed E-state index contributed by atoms with van der Waals surface area (Å²) in [5, 5.41) is 20.5. The lowest BCUT2D eigenvalue weighted by Crippen LogP contribution is -2.59. The third-order valence-corrected chi connectivity index (χ3v) is 4.74. The van der Waals surface area contributed by atoms with Gasteiger partial charge in [-0.15, -0.1) is 0 Å². The number of nitriles is 1. The maximum atomic E-state index is 10.8. The first kappa shape index (κ1) is 12.7. The molecule has 3 rings (SSSR count). The minimum Gasteiger partial charge on any atom is -0.388 e. The van der Waals surface area contributed by atoms with Gasteiger partial charge in [0.2, 0.25) is 0 Å². The van der Waals surface area contributed by atoms with E-state index in [4.69, 9.17) is 4.74 Å². The van der Waals surface area contributed by atoms with Gasteiger partial charge in [0.05, 0.1) is 23.2 Å². The molecular weight excluding hydrogens is 238 g/mol. The minimum atomic E-state index is -0.888. The molecule has 1 aromatic carbocycles. The van der Waals surface area contributed by atoms with Gasteiger partial charge in [-0.05, 0) is 30.9 Å². The van der Waals surface area contributed by atoms with Gasteiger partial charge in [-0.3, -0.25) is 0 Å². The zero-order valence-electron chi connectivity index (χ0n) is 11.2. The average Bonchev–Trinajstić information content (AvgIpc) is 2.77. The van der Waals surface area contributed by atoms with Crippen molar-refractivity contribution in [3.05, 3.63) is 35.4 Å². The molecule has 0 amide bonds. The molecule has 0 unspecified atom stereocenters. The van der Waals surface area contributed by atoms with Crippen LogP contribution in [0.15, 0.2) is 24.3 Å². The SMILES string of the molecule is CCOC1CC(O)(C2(C#N)Cc3ccccc3C2)C1. The fourth-order valence-electron chi connectivity index (χ4n) is 3.57. The van der Waals surface area contributed by atoms with E-state index in [9.17, 15) is 10.4 Å². The number of hydrogen-bond acceptors (Lipinski definition) is 3. The third-order valence-electron chi connectivity index (χ3n) is 4.74. The molecule has 3 heteroatoms. The molecule has 0 atom stereocenters. The molecule has 0 bridgehead atoms. The first-order valence-electron chi connectivity index (χ1n) is 6.94. The van der Waals surface area contributed by atoms with Crippen molar-refractivity contribution in [3.8, 4) is 6.07 Å². The third kappa shape index (κ3) is 1.79. The Bertz CT molecular complexity index is 501. The van der Waals surface area contributed by atoms with Gasteiger partial charge >= 0.3 is 0 Å². The molecule has 0 heterocycles. The maximum Gasteiger partial charge on any atom is 0.0942 e. The molecule has 2 aliphatic rings. The van der Waals surface area contributed by atoms with Crippen LogP contribution in [0.25, 0.3) is 0 Å². The van der Waals surface area contributed by atoms with Gasteiger partial charge in [0.1, 0.15) is 0 Å². The zero-order chi connectivity index (χ0) is 13.5. The van der Waals surface area contributed by atoms with E-state index in [1.54, 1.807) is 0 Å². The summed E-state index contributed by atoms with van der Waals surface area (Å²) in [6.45, 7) is 2.63. The lowest BCUT2D eigenvalue weighted by atomic mass is 9.59. The standard InChI is InChI=1S/C16H19NO2/c1-2-19-14-9-16(18,10-14)15(11-17)7-12-5-3-4-6-13(12)8-15/h3-6,14,18H,2,7-10H2,1H3. The first-order chi connectivity index (χ1) is 9.12. The summed E-state index contributed by atoms with van der Waals surface area (Å²) in [5.41, 5.74) is 0.861. The van der Waals surface area contributed by atoms with Gasteiger partial charge in [-0.2, -0.15) is 5.26 Å². The predicted octanol–water partition coefficient (Wildman–Crippen LogP) is 2.23. The highest BCUT2D eigenvalue weighted by Gasteiger charge is 2.60. The highest BCUT2D eigenvalue weighted by Crippen LogP contribution is 2.53. The second-order valence-electron chi connectivity index (χ2n) is 5.83. The molecule has 1 fully saturated rings. The Morgan fingerprint density at radius 1 is 1.32 bits per heavy atom. The van der Waals surface area contributed by atoms with Crippen molar-refractivity contribution in [2.24, 2.45) is 5.41 Å². The van der Waals surface area contributed by atoms with E-state index in [0.29, 0.717) is 32.3 Å². The van der Waals surface area contributed by atoms with Gasteiger partial charge < -0.3 is 9.84 Å². The van der Waals surface area contributed by atoms with Crippen molar-refractivity contribution in [3.63, 3.8) is 0 Å². The van der Waals surface area contributed by atoms with E-state index in [2.05, 4.69) is 18.2 Å². The Morgan fingerprint density at radius 3 is 2.37 bits per heavy atom. The Kier molecular flexibility index (Phi) is 2.88. The number of aliphatic hydroxyl groups is 1. The van der Waals surface area contributed by atoms with Gasteiger partial charge in [0.15, 0.2) is 0 Å². The van der Waals surface area contributed by atoms with Gasteiger partial charge in [-0.25, -0.2) is 0 Å². The number of rotatable bonds is 3. The smallest absolute Gasteiger partial charge is 0.0942 e. The summed E-state index contributed by atoms with van der Waals surface area (Å²) in [6, 6.07) is 10.6. The number of fused-ring (bicyclic) bond motifs is 1. The second kappa shape index (κ2) is 4.33.